The molecule has 0 atom stereocenters. The van der Waals surface area contributed by atoms with Crippen molar-refractivity contribution in [3.63, 3.8) is 0 Å². The highest BCUT2D eigenvalue weighted by Gasteiger charge is 2.30. The minimum absolute atomic E-state index is 0.141. The lowest BCUT2D eigenvalue weighted by Crippen LogP contribution is -2.44. The fourth-order valence-corrected chi connectivity index (χ4v) is 4.06. The van der Waals surface area contributed by atoms with E-state index in [1.54, 1.807) is 11.3 Å². The molecule has 1 aliphatic carbocycles. The number of aryl methyl sites for hydroxylation is 1. The molecule has 0 radical (unpaired) electrons. The number of benzene rings is 1. The van der Waals surface area contributed by atoms with Gasteiger partial charge in [-0.2, -0.15) is 0 Å². The Balaban J connectivity index is 1.91. The molecule has 4 heteroatoms. The Kier molecular flexibility index (Phi) is 4.27. The number of amides is 1. The van der Waals surface area contributed by atoms with E-state index in [9.17, 15) is 4.79 Å². The predicted molar refractivity (Wildman–Crippen MR) is 86.9 cm³/mol. The van der Waals surface area contributed by atoms with E-state index in [-0.39, 0.29) is 12.5 Å². The van der Waals surface area contributed by atoms with Crippen LogP contribution < -0.4 is 0 Å². The van der Waals surface area contributed by atoms with Crippen molar-refractivity contribution in [2.75, 3.05) is 13.2 Å². The second-order valence-corrected chi connectivity index (χ2v) is 6.76. The first-order valence-corrected chi connectivity index (χ1v) is 8.44. The van der Waals surface area contributed by atoms with Crippen molar-refractivity contribution in [1.29, 1.82) is 0 Å². The molecule has 1 heterocycles. The van der Waals surface area contributed by atoms with Crippen LogP contribution >= 0.6 is 11.3 Å². The molecule has 1 aromatic carbocycles. The van der Waals surface area contributed by atoms with Crippen molar-refractivity contribution in [1.82, 2.24) is 4.90 Å². The van der Waals surface area contributed by atoms with Crippen LogP contribution in [0.1, 0.15) is 40.9 Å². The number of fused-ring (bicyclic) bond motifs is 1. The van der Waals surface area contributed by atoms with E-state index in [4.69, 9.17) is 5.11 Å². The van der Waals surface area contributed by atoms with E-state index >= 15 is 0 Å². The molecule has 1 aliphatic rings. The minimum Gasteiger partial charge on any atom is -0.396 e. The van der Waals surface area contributed by atoms with Gasteiger partial charge in [0.2, 0.25) is 0 Å². The standard InChI is InChI=1S/C17H21NO2S/c1-12-14-8-2-3-9-15(14)21-16(12)17(20)18(10-5-11-19)13-6-4-7-13/h2-3,8-9,13,19H,4-7,10-11H2,1H3. The molecule has 1 saturated carbocycles. The topological polar surface area (TPSA) is 40.5 Å². The van der Waals surface area contributed by atoms with Gasteiger partial charge in [0.25, 0.3) is 5.91 Å². The molecule has 3 rings (SSSR count). The number of aliphatic hydroxyl groups is 1. The molecule has 0 spiro atoms. The number of hydrogen-bond donors (Lipinski definition) is 1. The number of aliphatic hydroxyl groups excluding tert-OH is 1. The molecule has 1 amide bonds. The van der Waals surface area contributed by atoms with E-state index < -0.39 is 0 Å². The molecule has 21 heavy (non-hydrogen) atoms. The number of carbonyl (C=O) groups is 1. The van der Waals surface area contributed by atoms with Crippen molar-refractivity contribution < 1.29 is 9.90 Å². The molecule has 0 aliphatic heterocycles. The Morgan fingerprint density at radius 1 is 1.38 bits per heavy atom. The van der Waals surface area contributed by atoms with Gasteiger partial charge in [0.05, 0.1) is 4.88 Å². The maximum atomic E-state index is 12.9. The van der Waals surface area contributed by atoms with Gasteiger partial charge in [-0.25, -0.2) is 0 Å². The van der Waals surface area contributed by atoms with Gasteiger partial charge >= 0.3 is 0 Å². The molecular formula is C17H21NO2S. The molecule has 1 aromatic heterocycles. The van der Waals surface area contributed by atoms with Gasteiger partial charge < -0.3 is 10.0 Å². The van der Waals surface area contributed by atoms with Crippen molar-refractivity contribution in [3.05, 3.63) is 34.7 Å². The summed E-state index contributed by atoms with van der Waals surface area (Å²) >= 11 is 1.59. The van der Waals surface area contributed by atoms with E-state index in [2.05, 4.69) is 12.1 Å². The Hall–Kier alpha value is -1.39. The van der Waals surface area contributed by atoms with Gasteiger partial charge in [-0.05, 0) is 49.6 Å². The van der Waals surface area contributed by atoms with Crippen LogP contribution in [0.15, 0.2) is 24.3 Å². The molecule has 0 unspecified atom stereocenters. The smallest absolute Gasteiger partial charge is 0.264 e. The van der Waals surface area contributed by atoms with Crippen LogP contribution in [0.3, 0.4) is 0 Å². The van der Waals surface area contributed by atoms with Crippen LogP contribution in [0, 0.1) is 6.92 Å². The molecular weight excluding hydrogens is 282 g/mol. The zero-order valence-corrected chi connectivity index (χ0v) is 13.2. The zero-order chi connectivity index (χ0) is 14.8. The van der Waals surface area contributed by atoms with Crippen LogP contribution in [-0.2, 0) is 0 Å². The normalized spacial score (nSPS) is 15.1. The lowest BCUT2D eigenvalue weighted by Gasteiger charge is -2.37. The molecule has 1 fully saturated rings. The second kappa shape index (κ2) is 6.16. The Morgan fingerprint density at radius 2 is 2.14 bits per heavy atom. The molecule has 112 valence electrons. The van der Waals surface area contributed by atoms with Crippen LogP contribution in [0.4, 0.5) is 0 Å². The predicted octanol–water partition coefficient (Wildman–Crippen LogP) is 3.59. The molecule has 0 saturated heterocycles. The summed E-state index contributed by atoms with van der Waals surface area (Å²) in [5.74, 6) is 0.145. The average Bonchev–Trinajstić information content (AvgIpc) is 2.78. The van der Waals surface area contributed by atoms with Crippen molar-refractivity contribution >= 4 is 27.3 Å². The summed E-state index contributed by atoms with van der Waals surface area (Å²) in [6.07, 6.45) is 4.06. The van der Waals surface area contributed by atoms with Crippen molar-refractivity contribution in [3.8, 4) is 0 Å². The number of thiophene rings is 1. The van der Waals surface area contributed by atoms with E-state index in [1.165, 1.54) is 16.5 Å². The summed E-state index contributed by atoms with van der Waals surface area (Å²) in [7, 11) is 0. The van der Waals surface area contributed by atoms with E-state index in [0.29, 0.717) is 19.0 Å². The highest BCUT2D eigenvalue weighted by Crippen LogP contribution is 2.33. The van der Waals surface area contributed by atoms with Crippen LogP contribution in [-0.4, -0.2) is 35.1 Å². The maximum absolute atomic E-state index is 12.9. The maximum Gasteiger partial charge on any atom is 0.264 e. The first-order valence-electron chi connectivity index (χ1n) is 7.62. The fourth-order valence-electron chi connectivity index (χ4n) is 2.90. The first kappa shape index (κ1) is 14.5. The van der Waals surface area contributed by atoms with Crippen molar-refractivity contribution in [2.45, 2.75) is 38.6 Å². The molecule has 1 N–H and O–H groups in total. The third kappa shape index (κ3) is 2.70. The van der Waals surface area contributed by atoms with Gasteiger partial charge in [-0.3, -0.25) is 4.79 Å². The van der Waals surface area contributed by atoms with E-state index in [0.717, 1.165) is 23.3 Å². The number of carbonyl (C=O) groups excluding carboxylic acids is 1. The van der Waals surface area contributed by atoms with Gasteiger partial charge in [0.15, 0.2) is 0 Å². The fraction of sp³-hybridized carbons (Fsp3) is 0.471. The first-order chi connectivity index (χ1) is 10.2. The summed E-state index contributed by atoms with van der Waals surface area (Å²) in [6, 6.07) is 8.56. The monoisotopic (exact) mass is 303 g/mol. The largest absolute Gasteiger partial charge is 0.396 e. The van der Waals surface area contributed by atoms with E-state index in [1.807, 2.05) is 24.0 Å². The van der Waals surface area contributed by atoms with Gasteiger partial charge in [-0.1, -0.05) is 18.2 Å². The molecule has 2 aromatic rings. The summed E-state index contributed by atoms with van der Waals surface area (Å²) in [4.78, 5) is 15.8. The number of rotatable bonds is 5. The third-order valence-electron chi connectivity index (χ3n) is 4.37. The Bertz CT molecular complexity index is 645. The number of nitrogens with zero attached hydrogens (tertiary/aromatic N) is 1. The highest BCUT2D eigenvalue weighted by molar-refractivity contribution is 7.21. The highest BCUT2D eigenvalue weighted by atomic mass is 32.1. The Labute approximate surface area is 129 Å². The quantitative estimate of drug-likeness (QED) is 0.917. The summed E-state index contributed by atoms with van der Waals surface area (Å²) < 4.78 is 1.18. The van der Waals surface area contributed by atoms with Crippen LogP contribution in [0.2, 0.25) is 0 Å². The SMILES string of the molecule is Cc1c(C(=O)N(CCCO)C2CCC2)sc2ccccc12. The van der Waals surface area contributed by atoms with Gasteiger partial charge in [0, 0.05) is 23.9 Å². The zero-order valence-electron chi connectivity index (χ0n) is 12.3. The molecule has 0 bridgehead atoms. The van der Waals surface area contributed by atoms with Crippen LogP contribution in [0.5, 0.6) is 0 Å². The Morgan fingerprint density at radius 3 is 2.76 bits per heavy atom. The summed E-state index contributed by atoms with van der Waals surface area (Å²) in [5, 5.41) is 10.3. The van der Waals surface area contributed by atoms with Gasteiger partial charge in [-0.15, -0.1) is 11.3 Å². The lowest BCUT2D eigenvalue weighted by atomic mass is 9.91. The number of hydrogen-bond acceptors (Lipinski definition) is 3. The summed E-state index contributed by atoms with van der Waals surface area (Å²) in [6.45, 7) is 2.84. The average molecular weight is 303 g/mol. The molecule has 3 nitrogen and oxygen atoms in total. The minimum atomic E-state index is 0.141. The summed E-state index contributed by atoms with van der Waals surface area (Å²) in [5.41, 5.74) is 1.09. The lowest BCUT2D eigenvalue weighted by molar-refractivity contribution is 0.0567. The van der Waals surface area contributed by atoms with Gasteiger partial charge in [0.1, 0.15) is 0 Å². The third-order valence-corrected chi connectivity index (χ3v) is 5.63. The second-order valence-electron chi connectivity index (χ2n) is 5.71. The van der Waals surface area contributed by atoms with Crippen molar-refractivity contribution in [2.24, 2.45) is 0 Å². The van der Waals surface area contributed by atoms with Crippen LogP contribution in [0.25, 0.3) is 10.1 Å².